The Hall–Kier alpha value is -4.19. The van der Waals surface area contributed by atoms with Gasteiger partial charge < -0.3 is 9.47 Å². The van der Waals surface area contributed by atoms with Gasteiger partial charge in [0, 0.05) is 29.8 Å². The Labute approximate surface area is 206 Å². The molecule has 1 heterocycles. The predicted octanol–water partition coefficient (Wildman–Crippen LogP) is 3.69. The van der Waals surface area contributed by atoms with Gasteiger partial charge >= 0.3 is 0 Å². The van der Waals surface area contributed by atoms with Crippen LogP contribution in [0.4, 0.5) is 5.69 Å². The van der Waals surface area contributed by atoms with E-state index in [2.05, 4.69) is 27.3 Å². The molecule has 0 bridgehead atoms. The van der Waals surface area contributed by atoms with Gasteiger partial charge in [0.25, 0.3) is 11.6 Å². The summed E-state index contributed by atoms with van der Waals surface area (Å²) in [4.78, 5) is 22.8. The second-order valence-corrected chi connectivity index (χ2v) is 8.29. The minimum atomic E-state index is -0.463. The van der Waals surface area contributed by atoms with E-state index >= 15 is 0 Å². The molecule has 182 valence electrons. The number of carbonyl (C=O) groups is 1. The minimum Gasteiger partial charge on any atom is -0.497 e. The number of benzene rings is 2. The molecule has 3 aromatic rings. The number of methoxy groups -OCH3 is 2. The van der Waals surface area contributed by atoms with E-state index in [9.17, 15) is 14.9 Å². The number of amides is 1. The van der Waals surface area contributed by atoms with Crippen LogP contribution in [0.25, 0.3) is 11.4 Å². The minimum absolute atomic E-state index is 0.0156. The summed E-state index contributed by atoms with van der Waals surface area (Å²) in [5.74, 6) is 1.45. The van der Waals surface area contributed by atoms with E-state index in [0.717, 1.165) is 5.57 Å². The number of hydrogen-bond donors (Lipinski definition) is 1. The first-order valence-electron chi connectivity index (χ1n) is 10.3. The van der Waals surface area contributed by atoms with Crippen molar-refractivity contribution in [3.05, 3.63) is 70.3 Å². The van der Waals surface area contributed by atoms with Gasteiger partial charge in [-0.2, -0.15) is 5.10 Å². The number of nitrogens with zero attached hydrogens (tertiary/aromatic N) is 5. The summed E-state index contributed by atoms with van der Waals surface area (Å²) in [5.41, 5.74) is 4.63. The third-order valence-electron chi connectivity index (χ3n) is 4.64. The number of nitro groups is 1. The number of nitrogens with one attached hydrogen (secondary N) is 1. The molecule has 1 aromatic heterocycles. The normalized spacial score (nSPS) is 10.8. The molecular weight excluding hydrogens is 472 g/mol. The van der Waals surface area contributed by atoms with Crippen LogP contribution in [-0.4, -0.2) is 51.8 Å². The largest absolute Gasteiger partial charge is 0.497 e. The van der Waals surface area contributed by atoms with Crippen molar-refractivity contribution in [1.29, 1.82) is 0 Å². The van der Waals surface area contributed by atoms with Crippen LogP contribution in [-0.2, 0) is 11.3 Å². The number of nitro benzene ring substituents is 1. The summed E-state index contributed by atoms with van der Waals surface area (Å²) in [6, 6.07) is 11.3. The number of non-ortho nitro benzene ring substituents is 1. The first-order valence-corrected chi connectivity index (χ1v) is 11.3. The Kier molecular flexibility index (Phi) is 8.57. The molecule has 3 rings (SSSR count). The average molecular weight is 497 g/mol. The summed E-state index contributed by atoms with van der Waals surface area (Å²) in [7, 11) is 3.10. The maximum Gasteiger partial charge on any atom is 0.269 e. The predicted molar refractivity (Wildman–Crippen MR) is 133 cm³/mol. The lowest BCUT2D eigenvalue weighted by Gasteiger charge is -2.10. The molecule has 1 N–H and O–H groups in total. The van der Waals surface area contributed by atoms with E-state index in [1.165, 1.54) is 30.1 Å². The van der Waals surface area contributed by atoms with Crippen molar-refractivity contribution in [2.75, 3.05) is 20.0 Å². The molecule has 0 aliphatic rings. The van der Waals surface area contributed by atoms with E-state index in [1.54, 1.807) is 44.6 Å². The maximum absolute atomic E-state index is 12.4. The SMILES string of the molecule is C=C(C)Cn1c(SCC(=O)N/N=C/c2cc(OC)ccc2OC)nnc1-c1ccc([N+](=O)[O-])cc1. The fourth-order valence-corrected chi connectivity index (χ4v) is 3.76. The summed E-state index contributed by atoms with van der Waals surface area (Å²) in [6.07, 6.45) is 1.47. The van der Waals surface area contributed by atoms with E-state index in [0.29, 0.717) is 40.2 Å². The number of aromatic nitrogens is 3. The molecule has 0 spiro atoms. The number of rotatable bonds is 11. The highest BCUT2D eigenvalue weighted by Gasteiger charge is 2.17. The molecule has 1 amide bonds. The Morgan fingerprint density at radius 1 is 1.23 bits per heavy atom. The highest BCUT2D eigenvalue weighted by Crippen LogP contribution is 2.26. The van der Waals surface area contributed by atoms with Crippen molar-refractivity contribution in [1.82, 2.24) is 20.2 Å². The van der Waals surface area contributed by atoms with Gasteiger partial charge in [0.05, 0.1) is 31.1 Å². The Bertz CT molecular complexity index is 1260. The van der Waals surface area contributed by atoms with Crippen LogP contribution in [0.3, 0.4) is 0 Å². The highest BCUT2D eigenvalue weighted by atomic mass is 32.2. The first-order chi connectivity index (χ1) is 16.8. The Morgan fingerprint density at radius 3 is 2.60 bits per heavy atom. The first kappa shape index (κ1) is 25.4. The summed E-state index contributed by atoms with van der Waals surface area (Å²) >= 11 is 1.19. The summed E-state index contributed by atoms with van der Waals surface area (Å²) < 4.78 is 12.3. The van der Waals surface area contributed by atoms with Gasteiger partial charge in [-0.3, -0.25) is 19.5 Å². The monoisotopic (exact) mass is 496 g/mol. The summed E-state index contributed by atoms with van der Waals surface area (Å²) in [6.45, 7) is 6.23. The molecule has 12 heteroatoms. The summed E-state index contributed by atoms with van der Waals surface area (Å²) in [5, 5.41) is 23.9. The molecule has 2 aromatic carbocycles. The second-order valence-electron chi connectivity index (χ2n) is 7.34. The van der Waals surface area contributed by atoms with Gasteiger partial charge in [0.1, 0.15) is 11.5 Å². The van der Waals surface area contributed by atoms with Crippen LogP contribution in [0.2, 0.25) is 0 Å². The van der Waals surface area contributed by atoms with Crippen molar-refractivity contribution in [3.8, 4) is 22.9 Å². The smallest absolute Gasteiger partial charge is 0.269 e. The number of ether oxygens (including phenoxy) is 2. The molecular formula is C23H24N6O5S. The molecule has 35 heavy (non-hydrogen) atoms. The number of hydrazone groups is 1. The number of thioether (sulfide) groups is 1. The van der Waals surface area contributed by atoms with Crippen LogP contribution in [0.1, 0.15) is 12.5 Å². The van der Waals surface area contributed by atoms with Gasteiger partial charge in [0.15, 0.2) is 11.0 Å². The number of hydrogen-bond acceptors (Lipinski definition) is 9. The van der Waals surface area contributed by atoms with Gasteiger partial charge in [-0.25, -0.2) is 5.43 Å². The zero-order chi connectivity index (χ0) is 25.4. The lowest BCUT2D eigenvalue weighted by molar-refractivity contribution is -0.384. The molecule has 0 aliphatic carbocycles. The third-order valence-corrected chi connectivity index (χ3v) is 5.61. The topological polar surface area (TPSA) is 134 Å². The molecule has 0 aliphatic heterocycles. The number of carbonyl (C=O) groups excluding carboxylic acids is 1. The van der Waals surface area contributed by atoms with Crippen molar-refractivity contribution in [2.24, 2.45) is 5.10 Å². The van der Waals surface area contributed by atoms with E-state index in [1.807, 2.05) is 11.5 Å². The van der Waals surface area contributed by atoms with Gasteiger partial charge in [0.2, 0.25) is 0 Å². The van der Waals surface area contributed by atoms with Crippen LogP contribution >= 0.6 is 11.8 Å². The quantitative estimate of drug-likeness (QED) is 0.140. The van der Waals surface area contributed by atoms with Gasteiger partial charge in [-0.15, -0.1) is 10.2 Å². The third kappa shape index (κ3) is 6.67. The average Bonchev–Trinajstić information content (AvgIpc) is 3.24. The lowest BCUT2D eigenvalue weighted by Crippen LogP contribution is -2.20. The van der Waals surface area contributed by atoms with Crippen molar-refractivity contribution in [3.63, 3.8) is 0 Å². The van der Waals surface area contributed by atoms with E-state index < -0.39 is 4.92 Å². The Morgan fingerprint density at radius 2 is 1.97 bits per heavy atom. The van der Waals surface area contributed by atoms with Crippen molar-refractivity contribution < 1.29 is 19.2 Å². The molecule has 0 unspecified atom stereocenters. The van der Waals surface area contributed by atoms with Gasteiger partial charge in [-0.05, 0) is 37.3 Å². The van der Waals surface area contributed by atoms with E-state index in [-0.39, 0.29) is 17.3 Å². The zero-order valence-corrected chi connectivity index (χ0v) is 20.2. The molecule has 0 saturated carbocycles. The highest BCUT2D eigenvalue weighted by molar-refractivity contribution is 7.99. The fourth-order valence-electron chi connectivity index (χ4n) is 3.03. The molecule has 0 fully saturated rings. The zero-order valence-electron chi connectivity index (χ0n) is 19.4. The molecule has 11 nitrogen and oxygen atoms in total. The Balaban J connectivity index is 1.69. The fraction of sp³-hybridized carbons (Fsp3) is 0.217. The van der Waals surface area contributed by atoms with Crippen LogP contribution < -0.4 is 14.9 Å². The molecule has 0 saturated heterocycles. The molecule has 0 radical (unpaired) electrons. The van der Waals surface area contributed by atoms with Crippen LogP contribution in [0, 0.1) is 10.1 Å². The van der Waals surface area contributed by atoms with Crippen molar-refractivity contribution >= 4 is 29.6 Å². The van der Waals surface area contributed by atoms with E-state index in [4.69, 9.17) is 9.47 Å². The lowest BCUT2D eigenvalue weighted by atomic mass is 10.2. The number of allylic oxidation sites excluding steroid dienone is 1. The van der Waals surface area contributed by atoms with Crippen LogP contribution in [0.5, 0.6) is 11.5 Å². The van der Waals surface area contributed by atoms with Crippen LogP contribution in [0.15, 0.2) is 64.9 Å². The molecule has 0 atom stereocenters. The second kappa shape index (κ2) is 11.8. The van der Waals surface area contributed by atoms with Gasteiger partial charge in [-0.1, -0.05) is 23.9 Å². The maximum atomic E-state index is 12.4. The van der Waals surface area contributed by atoms with Crippen molar-refractivity contribution in [2.45, 2.75) is 18.6 Å². The standard InChI is InChI=1S/C23H24N6O5S/c1-15(2)13-28-22(16-5-7-18(8-6-16)29(31)32)26-27-23(28)35-14-21(30)25-24-12-17-11-19(33-3)9-10-20(17)34-4/h5-12H,1,13-14H2,2-4H3,(H,25,30)/b24-12+.